The van der Waals surface area contributed by atoms with Crippen LogP contribution in [0.25, 0.3) is 0 Å². The topological polar surface area (TPSA) is 107 Å². The van der Waals surface area contributed by atoms with E-state index in [1.165, 1.54) is 12.1 Å². The minimum absolute atomic E-state index is 0.0255. The highest BCUT2D eigenvalue weighted by Crippen LogP contribution is 2.21. The van der Waals surface area contributed by atoms with Gasteiger partial charge in [-0.2, -0.15) is 0 Å². The summed E-state index contributed by atoms with van der Waals surface area (Å²) in [4.78, 5) is 22.6. The zero-order valence-electron chi connectivity index (χ0n) is 10.4. The third-order valence-corrected chi connectivity index (χ3v) is 2.08. The number of primary amides is 1. The molecular formula is C12H17N3O3. The lowest BCUT2D eigenvalue weighted by molar-refractivity contribution is -0.123. The highest BCUT2D eigenvalue weighted by atomic mass is 16.5. The molecule has 0 aromatic heterocycles. The number of carbonyl (C=O) groups excluding carboxylic acids is 2. The summed E-state index contributed by atoms with van der Waals surface area (Å²) in [5, 5.41) is 2.66. The molecule has 98 valence electrons. The van der Waals surface area contributed by atoms with Gasteiger partial charge in [-0.3, -0.25) is 9.59 Å². The van der Waals surface area contributed by atoms with Crippen LogP contribution in [0.15, 0.2) is 18.2 Å². The number of nitrogens with two attached hydrogens (primary N) is 2. The molecule has 0 fully saturated rings. The molecule has 0 bridgehead atoms. The molecule has 1 rings (SSSR count). The van der Waals surface area contributed by atoms with Gasteiger partial charge < -0.3 is 21.5 Å². The zero-order valence-corrected chi connectivity index (χ0v) is 10.4. The number of anilines is 1. The van der Waals surface area contributed by atoms with Crippen LogP contribution < -0.4 is 21.5 Å². The molecule has 18 heavy (non-hydrogen) atoms. The Labute approximate surface area is 105 Å². The highest BCUT2D eigenvalue weighted by Gasteiger charge is 2.11. The summed E-state index contributed by atoms with van der Waals surface area (Å²) in [6.07, 6.45) is 0. The van der Waals surface area contributed by atoms with Crippen molar-refractivity contribution in [2.24, 2.45) is 5.73 Å². The van der Waals surface area contributed by atoms with E-state index in [1.807, 2.05) is 13.8 Å². The maximum absolute atomic E-state index is 11.4. The van der Waals surface area contributed by atoms with Crippen molar-refractivity contribution >= 4 is 17.5 Å². The molecule has 0 heterocycles. The maximum atomic E-state index is 11.4. The zero-order chi connectivity index (χ0) is 13.7. The van der Waals surface area contributed by atoms with E-state index in [2.05, 4.69) is 5.32 Å². The molecule has 6 heteroatoms. The van der Waals surface area contributed by atoms with Gasteiger partial charge in [-0.05, 0) is 26.0 Å². The fourth-order valence-corrected chi connectivity index (χ4v) is 1.37. The second kappa shape index (κ2) is 5.90. The number of rotatable bonds is 5. The lowest BCUT2D eigenvalue weighted by Gasteiger charge is -2.12. The minimum atomic E-state index is -0.630. The van der Waals surface area contributed by atoms with Gasteiger partial charge in [0.25, 0.3) is 11.8 Å². The third kappa shape index (κ3) is 3.97. The summed E-state index contributed by atoms with van der Waals surface area (Å²) >= 11 is 0. The van der Waals surface area contributed by atoms with Gasteiger partial charge in [-0.15, -0.1) is 0 Å². The predicted octanol–water partition coefficient (Wildman–Crippen LogP) is 0.271. The lowest BCUT2D eigenvalue weighted by Crippen LogP contribution is -2.34. The van der Waals surface area contributed by atoms with E-state index < -0.39 is 5.91 Å². The van der Waals surface area contributed by atoms with Gasteiger partial charge in [0.2, 0.25) is 0 Å². The van der Waals surface area contributed by atoms with E-state index in [-0.39, 0.29) is 29.9 Å². The van der Waals surface area contributed by atoms with Crippen LogP contribution in [0.1, 0.15) is 24.2 Å². The van der Waals surface area contributed by atoms with Crippen molar-refractivity contribution < 1.29 is 14.3 Å². The number of carbonyl (C=O) groups is 2. The molecule has 0 atom stereocenters. The average molecular weight is 251 g/mol. The van der Waals surface area contributed by atoms with Crippen LogP contribution in [-0.2, 0) is 4.79 Å². The number of hydrogen-bond acceptors (Lipinski definition) is 4. The Bertz CT molecular complexity index is 458. The largest absolute Gasteiger partial charge is 0.483 e. The van der Waals surface area contributed by atoms with Gasteiger partial charge in [0.05, 0.1) is 5.56 Å². The first-order valence-electron chi connectivity index (χ1n) is 5.51. The second-order valence-corrected chi connectivity index (χ2v) is 4.13. The molecule has 0 saturated carbocycles. The first kappa shape index (κ1) is 13.8. The standard InChI is InChI=1S/C12H17N3O3/c1-7(2)15-11(16)6-18-10-5-8(13)3-4-9(10)12(14)17/h3-5,7H,6,13H2,1-2H3,(H2,14,17)(H,15,16). The van der Waals surface area contributed by atoms with E-state index in [1.54, 1.807) is 6.07 Å². The van der Waals surface area contributed by atoms with Gasteiger partial charge in [0.15, 0.2) is 6.61 Å². The van der Waals surface area contributed by atoms with Crippen molar-refractivity contribution in [3.8, 4) is 5.75 Å². The van der Waals surface area contributed by atoms with Crippen molar-refractivity contribution in [1.82, 2.24) is 5.32 Å². The molecule has 0 aliphatic carbocycles. The van der Waals surface area contributed by atoms with Crippen molar-refractivity contribution in [3.05, 3.63) is 23.8 Å². The molecular weight excluding hydrogens is 234 g/mol. The molecule has 1 aromatic rings. The van der Waals surface area contributed by atoms with E-state index in [0.29, 0.717) is 5.69 Å². The normalized spacial score (nSPS) is 10.2. The highest BCUT2D eigenvalue weighted by molar-refractivity contribution is 5.96. The Balaban J connectivity index is 2.74. The minimum Gasteiger partial charge on any atom is -0.483 e. The molecule has 5 N–H and O–H groups in total. The number of ether oxygens (including phenoxy) is 1. The number of benzene rings is 1. The molecule has 0 unspecified atom stereocenters. The van der Waals surface area contributed by atoms with Gasteiger partial charge >= 0.3 is 0 Å². The summed E-state index contributed by atoms with van der Waals surface area (Å²) < 4.78 is 5.25. The van der Waals surface area contributed by atoms with Gasteiger partial charge in [0.1, 0.15) is 5.75 Å². The van der Waals surface area contributed by atoms with Crippen molar-refractivity contribution in [2.75, 3.05) is 12.3 Å². The van der Waals surface area contributed by atoms with Gasteiger partial charge in [-0.25, -0.2) is 0 Å². The van der Waals surface area contributed by atoms with E-state index >= 15 is 0 Å². The Morgan fingerprint density at radius 2 is 2.06 bits per heavy atom. The predicted molar refractivity (Wildman–Crippen MR) is 68.1 cm³/mol. The summed E-state index contributed by atoms with van der Waals surface area (Å²) in [6.45, 7) is 3.49. The van der Waals surface area contributed by atoms with Crippen molar-refractivity contribution in [2.45, 2.75) is 19.9 Å². The van der Waals surface area contributed by atoms with E-state index in [0.717, 1.165) is 0 Å². The monoisotopic (exact) mass is 251 g/mol. The summed E-state index contributed by atoms with van der Waals surface area (Å²) in [5.41, 5.74) is 11.4. The Hall–Kier alpha value is -2.24. The fraction of sp³-hybridized carbons (Fsp3) is 0.333. The molecule has 0 aliphatic heterocycles. The quantitative estimate of drug-likeness (QED) is 0.653. The number of nitrogen functional groups attached to an aromatic ring is 1. The average Bonchev–Trinajstić information content (AvgIpc) is 2.25. The van der Waals surface area contributed by atoms with Gasteiger partial charge in [-0.1, -0.05) is 0 Å². The van der Waals surface area contributed by atoms with Crippen molar-refractivity contribution in [3.63, 3.8) is 0 Å². The van der Waals surface area contributed by atoms with Crippen LogP contribution >= 0.6 is 0 Å². The van der Waals surface area contributed by atoms with Crippen LogP contribution in [0.4, 0.5) is 5.69 Å². The number of hydrogen-bond donors (Lipinski definition) is 3. The molecule has 0 saturated heterocycles. The number of amides is 2. The van der Waals surface area contributed by atoms with Crippen LogP contribution in [0.3, 0.4) is 0 Å². The Kier molecular flexibility index (Phi) is 4.53. The van der Waals surface area contributed by atoms with E-state index in [9.17, 15) is 9.59 Å². The molecule has 1 aromatic carbocycles. The lowest BCUT2D eigenvalue weighted by atomic mass is 10.1. The first-order chi connectivity index (χ1) is 8.40. The van der Waals surface area contributed by atoms with Gasteiger partial charge in [0, 0.05) is 17.8 Å². The number of nitrogens with one attached hydrogen (secondary N) is 1. The molecule has 0 spiro atoms. The Morgan fingerprint density at radius 3 is 2.61 bits per heavy atom. The summed E-state index contributed by atoms with van der Waals surface area (Å²) in [6, 6.07) is 4.49. The van der Waals surface area contributed by atoms with Crippen LogP contribution in [0.2, 0.25) is 0 Å². The van der Waals surface area contributed by atoms with E-state index in [4.69, 9.17) is 16.2 Å². The maximum Gasteiger partial charge on any atom is 0.258 e. The van der Waals surface area contributed by atoms with Crippen LogP contribution in [-0.4, -0.2) is 24.5 Å². The SMILES string of the molecule is CC(C)NC(=O)COc1cc(N)ccc1C(N)=O. The third-order valence-electron chi connectivity index (χ3n) is 2.08. The molecule has 0 radical (unpaired) electrons. The first-order valence-corrected chi connectivity index (χ1v) is 5.51. The van der Waals surface area contributed by atoms with Crippen molar-refractivity contribution in [1.29, 1.82) is 0 Å². The van der Waals surface area contributed by atoms with Crippen LogP contribution in [0.5, 0.6) is 5.75 Å². The molecule has 2 amide bonds. The summed E-state index contributed by atoms with van der Waals surface area (Å²) in [5.74, 6) is -0.696. The van der Waals surface area contributed by atoms with Crippen LogP contribution in [0, 0.1) is 0 Å². The Morgan fingerprint density at radius 1 is 1.39 bits per heavy atom. The fourth-order valence-electron chi connectivity index (χ4n) is 1.37. The molecule has 6 nitrogen and oxygen atoms in total. The summed E-state index contributed by atoms with van der Waals surface area (Å²) in [7, 11) is 0. The second-order valence-electron chi connectivity index (χ2n) is 4.13. The molecule has 0 aliphatic rings. The smallest absolute Gasteiger partial charge is 0.258 e.